The Morgan fingerprint density at radius 1 is 1.27 bits per heavy atom. The van der Waals surface area contributed by atoms with Gasteiger partial charge in [0.2, 0.25) is 5.91 Å². The first-order valence-electron chi connectivity index (χ1n) is 7.95. The minimum Gasteiger partial charge on any atom is -0.353 e. The molecule has 2 amide bonds. The first kappa shape index (κ1) is 15.5. The summed E-state index contributed by atoms with van der Waals surface area (Å²) in [4.78, 5) is 25.1. The van der Waals surface area contributed by atoms with E-state index < -0.39 is 0 Å². The lowest BCUT2D eigenvalue weighted by molar-refractivity contribution is -0.129. The molecule has 2 fully saturated rings. The van der Waals surface area contributed by atoms with Gasteiger partial charge < -0.3 is 10.6 Å². The van der Waals surface area contributed by atoms with E-state index in [2.05, 4.69) is 28.9 Å². The first-order valence-corrected chi connectivity index (χ1v) is 8.73. The molecular weight excluding hydrogens is 298 g/mol. The van der Waals surface area contributed by atoms with Crippen molar-refractivity contribution in [2.45, 2.75) is 58.5 Å². The van der Waals surface area contributed by atoms with Gasteiger partial charge in [-0.1, -0.05) is 13.8 Å². The van der Waals surface area contributed by atoms with Gasteiger partial charge in [-0.05, 0) is 55.6 Å². The predicted molar refractivity (Wildman–Crippen MR) is 85.8 cm³/mol. The van der Waals surface area contributed by atoms with Crippen LogP contribution >= 0.6 is 11.5 Å². The Hall–Kier alpha value is -1.43. The second kappa shape index (κ2) is 5.65. The molecule has 1 aromatic rings. The average molecular weight is 321 g/mol. The molecular formula is C16H23N3O2S. The molecule has 2 aliphatic rings. The molecule has 2 N–H and O–H groups in total. The second-order valence-corrected chi connectivity index (χ2v) is 7.76. The van der Waals surface area contributed by atoms with Crippen LogP contribution in [-0.4, -0.2) is 28.3 Å². The number of hydrogen-bond donors (Lipinski definition) is 2. The summed E-state index contributed by atoms with van der Waals surface area (Å²) in [5.41, 5.74) is 0.799. The molecule has 3 rings (SSSR count). The fraction of sp³-hybridized carbons (Fsp3) is 0.688. The van der Waals surface area contributed by atoms with E-state index in [9.17, 15) is 9.59 Å². The highest BCUT2D eigenvalue weighted by Crippen LogP contribution is 2.52. The summed E-state index contributed by atoms with van der Waals surface area (Å²) < 4.78 is 4.02. The summed E-state index contributed by atoms with van der Waals surface area (Å²) >= 11 is 1.23. The fourth-order valence-electron chi connectivity index (χ4n) is 3.14. The molecule has 0 spiro atoms. The zero-order valence-corrected chi connectivity index (χ0v) is 14.1. The molecule has 0 atom stereocenters. The van der Waals surface area contributed by atoms with Gasteiger partial charge in [0.1, 0.15) is 4.88 Å². The largest absolute Gasteiger partial charge is 0.353 e. The summed E-state index contributed by atoms with van der Waals surface area (Å²) in [5.74, 6) is 0.559. The SMILES string of the molecule is Cc1cnsc1C(=O)NC1CC(NC(=O)C2(C(C)C)CC2)C1. The van der Waals surface area contributed by atoms with E-state index in [1.807, 2.05) is 6.92 Å². The normalized spacial score (nSPS) is 25.5. The maximum absolute atomic E-state index is 12.3. The van der Waals surface area contributed by atoms with Gasteiger partial charge in [-0.25, -0.2) is 4.37 Å². The predicted octanol–water partition coefficient (Wildman–Crippen LogP) is 2.26. The van der Waals surface area contributed by atoms with Crippen LogP contribution in [0.15, 0.2) is 6.20 Å². The summed E-state index contributed by atoms with van der Waals surface area (Å²) in [6.45, 7) is 6.13. The van der Waals surface area contributed by atoms with E-state index in [0.717, 1.165) is 31.2 Å². The summed E-state index contributed by atoms with van der Waals surface area (Å²) in [5, 5.41) is 6.17. The van der Waals surface area contributed by atoms with Gasteiger partial charge in [0.25, 0.3) is 5.91 Å². The van der Waals surface area contributed by atoms with Gasteiger partial charge in [-0.2, -0.15) is 0 Å². The molecule has 0 bridgehead atoms. The lowest BCUT2D eigenvalue weighted by Crippen LogP contribution is -2.55. The van der Waals surface area contributed by atoms with Crippen LogP contribution in [0.2, 0.25) is 0 Å². The van der Waals surface area contributed by atoms with Crippen molar-refractivity contribution in [3.8, 4) is 0 Å². The highest BCUT2D eigenvalue weighted by atomic mass is 32.1. The zero-order valence-electron chi connectivity index (χ0n) is 13.3. The third-order valence-corrected chi connectivity index (χ3v) is 6.01. The van der Waals surface area contributed by atoms with Crippen LogP contribution < -0.4 is 10.6 Å². The number of amides is 2. The average Bonchev–Trinajstić information content (AvgIpc) is 3.13. The van der Waals surface area contributed by atoms with Gasteiger partial charge in [-0.3, -0.25) is 9.59 Å². The Kier molecular flexibility index (Phi) is 3.97. The van der Waals surface area contributed by atoms with Crippen LogP contribution in [0, 0.1) is 18.3 Å². The molecule has 0 unspecified atom stereocenters. The van der Waals surface area contributed by atoms with E-state index in [1.165, 1.54) is 11.5 Å². The molecule has 2 saturated carbocycles. The van der Waals surface area contributed by atoms with Gasteiger partial charge in [-0.15, -0.1) is 0 Å². The van der Waals surface area contributed by atoms with E-state index in [0.29, 0.717) is 10.8 Å². The van der Waals surface area contributed by atoms with Crippen molar-refractivity contribution in [2.24, 2.45) is 11.3 Å². The molecule has 0 aromatic carbocycles. The molecule has 0 aliphatic heterocycles. The number of carbonyl (C=O) groups excluding carboxylic acids is 2. The maximum atomic E-state index is 12.3. The maximum Gasteiger partial charge on any atom is 0.263 e. The van der Waals surface area contributed by atoms with Crippen LogP contribution in [-0.2, 0) is 4.79 Å². The highest BCUT2D eigenvalue weighted by Gasteiger charge is 2.52. The van der Waals surface area contributed by atoms with E-state index in [1.54, 1.807) is 6.20 Å². The molecule has 0 saturated heterocycles. The van der Waals surface area contributed by atoms with Gasteiger partial charge in [0.15, 0.2) is 0 Å². The number of aromatic nitrogens is 1. The van der Waals surface area contributed by atoms with Gasteiger partial charge in [0, 0.05) is 18.3 Å². The summed E-state index contributed by atoms with van der Waals surface area (Å²) in [7, 11) is 0. The number of aryl methyl sites for hydroxylation is 1. The van der Waals surface area contributed by atoms with Crippen molar-refractivity contribution in [1.29, 1.82) is 0 Å². The molecule has 2 aliphatic carbocycles. The standard InChI is InChI=1S/C16H23N3O2S/c1-9(2)16(4-5-16)15(21)19-12-6-11(7-12)18-14(20)13-10(3)8-17-22-13/h8-9,11-12H,4-7H2,1-3H3,(H,18,20)(H,19,21). The topological polar surface area (TPSA) is 71.1 Å². The third kappa shape index (κ3) is 2.76. The van der Waals surface area contributed by atoms with Crippen LogP contribution in [0.25, 0.3) is 0 Å². The first-order chi connectivity index (χ1) is 10.4. The summed E-state index contributed by atoms with van der Waals surface area (Å²) in [6, 6.07) is 0.366. The van der Waals surface area contributed by atoms with Crippen LogP contribution in [0.4, 0.5) is 0 Å². The van der Waals surface area contributed by atoms with Crippen molar-refractivity contribution in [2.75, 3.05) is 0 Å². The Labute approximate surface area is 135 Å². The Morgan fingerprint density at radius 2 is 1.91 bits per heavy atom. The van der Waals surface area contributed by atoms with Crippen molar-refractivity contribution in [3.05, 3.63) is 16.6 Å². The van der Waals surface area contributed by atoms with E-state index >= 15 is 0 Å². The number of carbonyl (C=O) groups is 2. The number of rotatable bonds is 5. The lowest BCUT2D eigenvalue weighted by Gasteiger charge is -2.37. The minimum absolute atomic E-state index is 0.0457. The van der Waals surface area contributed by atoms with Crippen molar-refractivity contribution in [1.82, 2.24) is 15.0 Å². The Morgan fingerprint density at radius 3 is 2.41 bits per heavy atom. The summed E-state index contributed by atoms with van der Waals surface area (Å²) in [6.07, 6.45) is 5.37. The Balaban J connectivity index is 1.44. The fourth-order valence-corrected chi connectivity index (χ4v) is 3.80. The highest BCUT2D eigenvalue weighted by molar-refractivity contribution is 7.08. The molecule has 1 aromatic heterocycles. The number of nitrogens with one attached hydrogen (secondary N) is 2. The number of nitrogens with zero attached hydrogens (tertiary/aromatic N) is 1. The zero-order chi connectivity index (χ0) is 15.9. The monoisotopic (exact) mass is 321 g/mol. The molecule has 6 heteroatoms. The van der Waals surface area contributed by atoms with Gasteiger partial charge >= 0.3 is 0 Å². The van der Waals surface area contributed by atoms with E-state index in [4.69, 9.17) is 0 Å². The minimum atomic E-state index is -0.117. The molecule has 22 heavy (non-hydrogen) atoms. The molecule has 1 heterocycles. The third-order valence-electron chi connectivity index (χ3n) is 5.11. The Bertz CT molecular complexity index is 586. The van der Waals surface area contributed by atoms with Crippen LogP contribution in [0.3, 0.4) is 0 Å². The number of hydrogen-bond acceptors (Lipinski definition) is 4. The smallest absolute Gasteiger partial charge is 0.263 e. The van der Waals surface area contributed by atoms with Crippen molar-refractivity contribution in [3.63, 3.8) is 0 Å². The lowest BCUT2D eigenvalue weighted by atomic mass is 9.84. The van der Waals surface area contributed by atoms with Crippen LogP contribution in [0.1, 0.15) is 54.8 Å². The van der Waals surface area contributed by atoms with Crippen molar-refractivity contribution >= 4 is 23.3 Å². The second-order valence-electron chi connectivity index (χ2n) is 6.96. The van der Waals surface area contributed by atoms with Crippen molar-refractivity contribution < 1.29 is 9.59 Å². The molecule has 5 nitrogen and oxygen atoms in total. The van der Waals surface area contributed by atoms with Crippen LogP contribution in [0.5, 0.6) is 0 Å². The van der Waals surface area contributed by atoms with E-state index in [-0.39, 0.29) is 29.3 Å². The molecule has 0 radical (unpaired) electrons. The van der Waals surface area contributed by atoms with Gasteiger partial charge in [0.05, 0.1) is 5.41 Å². The molecule has 120 valence electrons. The quantitative estimate of drug-likeness (QED) is 0.874.